The molecule has 134 valence electrons. The predicted octanol–water partition coefficient (Wildman–Crippen LogP) is 3.72. The second-order valence-electron chi connectivity index (χ2n) is 5.96. The van der Waals surface area contributed by atoms with E-state index in [1.54, 1.807) is 17.0 Å². The number of amides is 1. The van der Waals surface area contributed by atoms with Gasteiger partial charge in [-0.05, 0) is 42.8 Å². The molecule has 0 bridgehead atoms. The number of nitrogens with zero attached hydrogens (tertiary/aromatic N) is 3. The van der Waals surface area contributed by atoms with Crippen molar-refractivity contribution >= 4 is 34.6 Å². The third-order valence-corrected chi connectivity index (χ3v) is 4.89. The number of amidine groups is 1. The fourth-order valence-corrected chi connectivity index (χ4v) is 3.45. The number of benzene rings is 2. The SMILES string of the molecule is Cc1ccc(N2C(=O)/C(=C\c3ccc4c(c3)OCO4)N=C2SCC#N)cc1. The Morgan fingerprint density at radius 1 is 1.22 bits per heavy atom. The van der Waals surface area contributed by atoms with Crippen LogP contribution in [0.25, 0.3) is 6.08 Å². The van der Waals surface area contributed by atoms with Crippen molar-refractivity contribution < 1.29 is 14.3 Å². The molecule has 0 saturated heterocycles. The molecule has 6 nitrogen and oxygen atoms in total. The first-order valence-corrected chi connectivity index (χ1v) is 9.25. The van der Waals surface area contributed by atoms with Crippen molar-refractivity contribution in [3.63, 3.8) is 0 Å². The molecule has 0 unspecified atom stereocenters. The molecule has 2 heterocycles. The van der Waals surface area contributed by atoms with Crippen LogP contribution in [0, 0.1) is 18.3 Å². The Morgan fingerprint density at radius 2 is 2.00 bits per heavy atom. The van der Waals surface area contributed by atoms with Gasteiger partial charge in [0.2, 0.25) is 6.79 Å². The van der Waals surface area contributed by atoms with Crippen LogP contribution in [-0.2, 0) is 4.79 Å². The van der Waals surface area contributed by atoms with Crippen LogP contribution >= 0.6 is 11.8 Å². The number of aryl methyl sites for hydroxylation is 1. The van der Waals surface area contributed by atoms with Gasteiger partial charge in [0.25, 0.3) is 5.91 Å². The lowest BCUT2D eigenvalue weighted by Crippen LogP contribution is -2.30. The van der Waals surface area contributed by atoms with Gasteiger partial charge in [0.15, 0.2) is 16.7 Å². The number of carbonyl (C=O) groups is 1. The summed E-state index contributed by atoms with van der Waals surface area (Å²) in [7, 11) is 0. The molecule has 0 aromatic heterocycles. The molecule has 1 amide bonds. The minimum absolute atomic E-state index is 0.197. The summed E-state index contributed by atoms with van der Waals surface area (Å²) >= 11 is 1.24. The number of hydrogen-bond acceptors (Lipinski definition) is 6. The highest BCUT2D eigenvalue weighted by atomic mass is 32.2. The van der Waals surface area contributed by atoms with Gasteiger partial charge in [-0.15, -0.1) is 0 Å². The fourth-order valence-electron chi connectivity index (χ4n) is 2.77. The minimum Gasteiger partial charge on any atom is -0.454 e. The van der Waals surface area contributed by atoms with Crippen LogP contribution in [0.2, 0.25) is 0 Å². The van der Waals surface area contributed by atoms with Crippen molar-refractivity contribution in [3.05, 3.63) is 59.3 Å². The van der Waals surface area contributed by atoms with E-state index < -0.39 is 0 Å². The van der Waals surface area contributed by atoms with Gasteiger partial charge >= 0.3 is 0 Å². The molecule has 0 atom stereocenters. The molecular formula is C20H15N3O3S. The maximum atomic E-state index is 13.0. The lowest BCUT2D eigenvalue weighted by atomic mass is 10.1. The zero-order valence-electron chi connectivity index (χ0n) is 14.5. The second-order valence-corrected chi connectivity index (χ2v) is 6.90. The molecule has 2 aromatic carbocycles. The van der Waals surface area contributed by atoms with Gasteiger partial charge in [-0.2, -0.15) is 5.26 Å². The molecule has 2 aromatic rings. The van der Waals surface area contributed by atoms with Gasteiger partial charge in [0.1, 0.15) is 5.70 Å². The summed E-state index contributed by atoms with van der Waals surface area (Å²) in [6.45, 7) is 2.18. The molecule has 4 rings (SSSR count). The second kappa shape index (κ2) is 7.17. The van der Waals surface area contributed by atoms with Gasteiger partial charge < -0.3 is 9.47 Å². The number of fused-ring (bicyclic) bond motifs is 1. The van der Waals surface area contributed by atoms with Crippen molar-refractivity contribution in [1.82, 2.24) is 0 Å². The molecule has 0 radical (unpaired) electrons. The zero-order chi connectivity index (χ0) is 18.8. The zero-order valence-corrected chi connectivity index (χ0v) is 15.3. The largest absolute Gasteiger partial charge is 0.454 e. The topological polar surface area (TPSA) is 74.9 Å². The average molecular weight is 377 g/mol. The van der Waals surface area contributed by atoms with Crippen molar-refractivity contribution in [2.45, 2.75) is 6.92 Å². The van der Waals surface area contributed by atoms with Gasteiger partial charge in [0, 0.05) is 0 Å². The standard InChI is InChI=1S/C20H15N3O3S/c1-13-2-5-15(6-3-13)23-19(24)16(22-20(23)27-9-8-21)10-14-4-7-17-18(11-14)26-12-25-17/h2-7,10-11H,9,12H2,1H3/b16-10+. The number of carbonyl (C=O) groups excluding carboxylic acids is 1. The van der Waals surface area contributed by atoms with Gasteiger partial charge in [-0.25, -0.2) is 4.99 Å². The third kappa shape index (κ3) is 3.39. The number of nitriles is 1. The van der Waals surface area contributed by atoms with Gasteiger partial charge in [0.05, 0.1) is 17.5 Å². The Morgan fingerprint density at radius 3 is 2.78 bits per heavy atom. The maximum absolute atomic E-state index is 13.0. The molecule has 0 fully saturated rings. The monoisotopic (exact) mass is 377 g/mol. The van der Waals surface area contributed by atoms with Crippen LogP contribution in [0.15, 0.2) is 53.2 Å². The first-order chi connectivity index (χ1) is 13.2. The molecule has 0 saturated carbocycles. The molecule has 27 heavy (non-hydrogen) atoms. The molecule has 7 heteroatoms. The maximum Gasteiger partial charge on any atom is 0.283 e. The Hall–Kier alpha value is -3.24. The number of ether oxygens (including phenoxy) is 2. The van der Waals surface area contributed by atoms with E-state index in [1.165, 1.54) is 11.8 Å². The average Bonchev–Trinajstić information content (AvgIpc) is 3.25. The number of aliphatic imine (C=N–C) groups is 1. The van der Waals surface area contributed by atoms with Crippen molar-refractivity contribution in [1.29, 1.82) is 5.26 Å². The highest BCUT2D eigenvalue weighted by molar-refractivity contribution is 8.14. The summed E-state index contributed by atoms with van der Waals surface area (Å²) in [6.07, 6.45) is 1.71. The van der Waals surface area contributed by atoms with E-state index >= 15 is 0 Å². The number of anilines is 1. The summed E-state index contributed by atoms with van der Waals surface area (Å²) in [5, 5.41) is 9.40. The Labute approximate surface area is 160 Å². The molecule has 2 aliphatic heterocycles. The van der Waals surface area contributed by atoms with E-state index in [0.717, 1.165) is 16.8 Å². The lowest BCUT2D eigenvalue weighted by Gasteiger charge is -2.17. The van der Waals surface area contributed by atoms with Crippen molar-refractivity contribution in [2.24, 2.45) is 4.99 Å². The normalized spacial score (nSPS) is 16.6. The van der Waals surface area contributed by atoms with Crippen LogP contribution in [0.1, 0.15) is 11.1 Å². The number of rotatable bonds is 3. The molecule has 0 aliphatic carbocycles. The van der Waals surface area contributed by atoms with E-state index in [-0.39, 0.29) is 18.5 Å². The predicted molar refractivity (Wildman–Crippen MR) is 105 cm³/mol. The highest BCUT2D eigenvalue weighted by Crippen LogP contribution is 2.34. The first-order valence-electron chi connectivity index (χ1n) is 8.26. The molecule has 0 N–H and O–H groups in total. The van der Waals surface area contributed by atoms with E-state index in [2.05, 4.69) is 11.1 Å². The third-order valence-electron chi connectivity index (χ3n) is 4.09. The highest BCUT2D eigenvalue weighted by Gasteiger charge is 2.32. The van der Waals surface area contributed by atoms with Crippen LogP contribution in [0.4, 0.5) is 5.69 Å². The Balaban J connectivity index is 1.69. The van der Waals surface area contributed by atoms with Crippen LogP contribution in [-0.4, -0.2) is 23.6 Å². The summed E-state index contributed by atoms with van der Waals surface area (Å²) in [6, 6.07) is 15.2. The van der Waals surface area contributed by atoms with E-state index in [0.29, 0.717) is 22.4 Å². The van der Waals surface area contributed by atoms with E-state index in [1.807, 2.05) is 43.3 Å². The van der Waals surface area contributed by atoms with Gasteiger partial charge in [-0.3, -0.25) is 9.69 Å². The molecule has 2 aliphatic rings. The summed E-state index contributed by atoms with van der Waals surface area (Å²) in [5.74, 6) is 1.32. The van der Waals surface area contributed by atoms with E-state index in [4.69, 9.17) is 14.7 Å². The Bertz CT molecular complexity index is 1010. The number of thioether (sulfide) groups is 1. The van der Waals surface area contributed by atoms with Crippen LogP contribution in [0.5, 0.6) is 11.5 Å². The van der Waals surface area contributed by atoms with E-state index in [9.17, 15) is 4.79 Å². The molecular weight excluding hydrogens is 362 g/mol. The van der Waals surface area contributed by atoms with Crippen LogP contribution < -0.4 is 14.4 Å². The first kappa shape index (κ1) is 17.2. The quantitative estimate of drug-likeness (QED) is 0.762. The summed E-state index contributed by atoms with van der Waals surface area (Å²) in [5.41, 5.74) is 2.94. The summed E-state index contributed by atoms with van der Waals surface area (Å²) < 4.78 is 10.7. The van der Waals surface area contributed by atoms with Crippen molar-refractivity contribution in [3.8, 4) is 17.6 Å². The fraction of sp³-hybridized carbons (Fsp3) is 0.150. The minimum atomic E-state index is -0.225. The van der Waals surface area contributed by atoms with Crippen LogP contribution in [0.3, 0.4) is 0 Å². The Kier molecular flexibility index (Phi) is 4.57. The smallest absolute Gasteiger partial charge is 0.283 e. The molecule has 0 spiro atoms. The van der Waals surface area contributed by atoms with Crippen molar-refractivity contribution in [2.75, 3.05) is 17.4 Å². The lowest BCUT2D eigenvalue weighted by molar-refractivity contribution is -0.113. The van der Waals surface area contributed by atoms with Gasteiger partial charge in [-0.1, -0.05) is 35.5 Å². The summed E-state index contributed by atoms with van der Waals surface area (Å²) in [4.78, 5) is 19.0. The number of hydrogen-bond donors (Lipinski definition) is 0.